The highest BCUT2D eigenvalue weighted by atomic mass is 35.5. The fourth-order valence-corrected chi connectivity index (χ4v) is 3.77. The van der Waals surface area contributed by atoms with Gasteiger partial charge in [0.05, 0.1) is 17.4 Å². The van der Waals surface area contributed by atoms with Crippen molar-refractivity contribution in [2.45, 2.75) is 45.2 Å². The summed E-state index contributed by atoms with van der Waals surface area (Å²) in [6.45, 7) is 11.1. The van der Waals surface area contributed by atoms with E-state index in [0.717, 1.165) is 25.1 Å². The number of carbonyl (C=O) groups excluding carboxylic acids is 1. The van der Waals surface area contributed by atoms with Crippen molar-refractivity contribution in [3.8, 4) is 0 Å². The molecule has 3 N–H and O–H groups in total. The van der Waals surface area contributed by atoms with Crippen LogP contribution in [0.5, 0.6) is 0 Å². The van der Waals surface area contributed by atoms with E-state index in [1.807, 2.05) is 10.9 Å². The summed E-state index contributed by atoms with van der Waals surface area (Å²) < 4.78 is 1.87. The van der Waals surface area contributed by atoms with Crippen LogP contribution in [0.1, 0.15) is 33.6 Å². The Morgan fingerprint density at radius 3 is 2.90 bits per heavy atom. The first-order chi connectivity index (χ1) is 14.7. The molecule has 0 radical (unpaired) electrons. The van der Waals surface area contributed by atoms with Gasteiger partial charge < -0.3 is 15.5 Å². The Bertz CT molecular complexity index is 1110. The van der Waals surface area contributed by atoms with Crippen molar-refractivity contribution >= 4 is 46.0 Å². The van der Waals surface area contributed by atoms with E-state index >= 15 is 0 Å². The molecule has 0 aromatic carbocycles. The number of halogens is 1. The maximum Gasteiger partial charge on any atom is 0.246 e. The van der Waals surface area contributed by atoms with Crippen LogP contribution in [0.15, 0.2) is 25.0 Å². The van der Waals surface area contributed by atoms with Crippen LogP contribution in [-0.4, -0.2) is 59.9 Å². The number of amides is 1. The summed E-state index contributed by atoms with van der Waals surface area (Å²) in [5.41, 5.74) is 1.08. The number of likely N-dealkylation sites (tertiary alicyclic amines) is 1. The molecule has 1 amide bonds. The first-order valence-corrected chi connectivity index (χ1v) is 10.5. The third-order valence-corrected chi connectivity index (χ3v) is 5.42. The number of nitrogens with one attached hydrogen (secondary N) is 3. The Morgan fingerprint density at radius 1 is 1.39 bits per heavy atom. The molecule has 0 bridgehead atoms. The van der Waals surface area contributed by atoms with Crippen LogP contribution in [0.25, 0.3) is 11.0 Å². The Kier molecular flexibility index (Phi) is 5.57. The summed E-state index contributed by atoms with van der Waals surface area (Å²) in [6.07, 6.45) is 6.77. The van der Waals surface area contributed by atoms with Crippen LogP contribution >= 0.6 is 11.6 Å². The van der Waals surface area contributed by atoms with Crippen LogP contribution in [0.3, 0.4) is 0 Å². The molecule has 11 heteroatoms. The largest absolute Gasteiger partial charge is 0.365 e. The summed E-state index contributed by atoms with van der Waals surface area (Å²) in [5.74, 6) is 0.868. The molecule has 0 aliphatic carbocycles. The summed E-state index contributed by atoms with van der Waals surface area (Å²) >= 11 is 6.31. The molecule has 3 aromatic heterocycles. The third-order valence-electron chi connectivity index (χ3n) is 5.14. The number of hydrogen-bond donors (Lipinski definition) is 3. The summed E-state index contributed by atoms with van der Waals surface area (Å²) in [7, 11) is 0. The molecule has 1 aliphatic rings. The predicted molar refractivity (Wildman–Crippen MR) is 121 cm³/mol. The smallest absolute Gasteiger partial charge is 0.246 e. The highest BCUT2D eigenvalue weighted by Gasteiger charge is 2.24. The minimum absolute atomic E-state index is 0.0261. The molecule has 3 aromatic rings. The average Bonchev–Trinajstić information content (AvgIpc) is 3.34. The van der Waals surface area contributed by atoms with E-state index in [0.29, 0.717) is 34.5 Å². The van der Waals surface area contributed by atoms with Crippen LogP contribution in [0.2, 0.25) is 5.15 Å². The molecule has 0 spiro atoms. The molecule has 10 nitrogen and oxygen atoms in total. The maximum absolute atomic E-state index is 12.0. The quantitative estimate of drug-likeness (QED) is 0.518. The van der Waals surface area contributed by atoms with E-state index < -0.39 is 0 Å². The van der Waals surface area contributed by atoms with E-state index in [1.54, 1.807) is 11.1 Å². The number of carbonyl (C=O) groups is 1. The molecule has 4 rings (SSSR count). The second-order valence-electron chi connectivity index (χ2n) is 8.57. The molecular weight excluding hydrogens is 418 g/mol. The van der Waals surface area contributed by atoms with E-state index in [4.69, 9.17) is 11.6 Å². The van der Waals surface area contributed by atoms with Crippen molar-refractivity contribution in [1.82, 2.24) is 34.8 Å². The first kappa shape index (κ1) is 21.1. The van der Waals surface area contributed by atoms with Gasteiger partial charge in [-0.2, -0.15) is 20.2 Å². The highest BCUT2D eigenvalue weighted by molar-refractivity contribution is 6.35. The van der Waals surface area contributed by atoms with E-state index in [1.165, 1.54) is 6.08 Å². The van der Waals surface area contributed by atoms with Gasteiger partial charge in [0.15, 0.2) is 5.65 Å². The van der Waals surface area contributed by atoms with Gasteiger partial charge in [-0.05, 0) is 39.7 Å². The Labute approximate surface area is 185 Å². The molecule has 1 aliphatic heterocycles. The normalized spacial score (nSPS) is 17.0. The lowest BCUT2D eigenvalue weighted by atomic mass is 10.1. The van der Waals surface area contributed by atoms with Crippen LogP contribution in [0.4, 0.5) is 17.5 Å². The number of fused-ring (bicyclic) bond motifs is 1. The molecule has 1 fully saturated rings. The zero-order chi connectivity index (χ0) is 22.2. The lowest BCUT2D eigenvalue weighted by molar-refractivity contribution is -0.127. The lowest BCUT2D eigenvalue weighted by Gasteiger charge is -2.32. The average molecular weight is 444 g/mol. The maximum atomic E-state index is 12.0. The number of hydrogen-bond acceptors (Lipinski definition) is 7. The number of nitrogens with zero attached hydrogens (tertiary/aromatic N) is 6. The van der Waals surface area contributed by atoms with Gasteiger partial charge in [-0.25, -0.2) is 0 Å². The van der Waals surface area contributed by atoms with E-state index in [2.05, 4.69) is 63.2 Å². The number of H-pyrrole nitrogens is 1. The fourth-order valence-electron chi connectivity index (χ4n) is 3.55. The van der Waals surface area contributed by atoms with Gasteiger partial charge in [-0.1, -0.05) is 18.2 Å². The van der Waals surface area contributed by atoms with Crippen molar-refractivity contribution < 1.29 is 4.79 Å². The fraction of sp³-hybridized carbons (Fsp3) is 0.450. The van der Waals surface area contributed by atoms with Crippen LogP contribution in [-0.2, 0) is 10.3 Å². The molecule has 4 heterocycles. The van der Waals surface area contributed by atoms with Gasteiger partial charge in [-0.3, -0.25) is 14.6 Å². The molecule has 1 saturated heterocycles. The molecule has 31 heavy (non-hydrogen) atoms. The van der Waals surface area contributed by atoms with Crippen molar-refractivity contribution in [3.05, 3.63) is 30.2 Å². The standard InChI is InChI=1S/C20H26ClN9O/c1-5-14(31)29-8-6-7-12(10-29)23-17-15-16(21)27-28-18(15)26-19(25-17)24-13-9-22-30(11-13)20(2,3)4/h5,9,11-12H,1,6-8,10H2,2-4H3,(H3,23,24,25,26,27,28). The minimum atomic E-state index is -0.136. The zero-order valence-corrected chi connectivity index (χ0v) is 18.6. The van der Waals surface area contributed by atoms with Crippen molar-refractivity contribution in [1.29, 1.82) is 0 Å². The van der Waals surface area contributed by atoms with Crippen LogP contribution in [0, 0.1) is 0 Å². The van der Waals surface area contributed by atoms with E-state index in [-0.39, 0.29) is 17.5 Å². The van der Waals surface area contributed by atoms with Gasteiger partial charge >= 0.3 is 0 Å². The minimum Gasteiger partial charge on any atom is -0.365 e. The second kappa shape index (κ2) is 8.18. The van der Waals surface area contributed by atoms with Gasteiger partial charge in [-0.15, -0.1) is 0 Å². The summed E-state index contributed by atoms with van der Waals surface area (Å²) in [5, 5.41) is 18.9. The van der Waals surface area contributed by atoms with Crippen molar-refractivity contribution in [2.75, 3.05) is 23.7 Å². The van der Waals surface area contributed by atoms with Gasteiger partial charge in [0.2, 0.25) is 11.9 Å². The topological polar surface area (TPSA) is 117 Å². The van der Waals surface area contributed by atoms with E-state index in [9.17, 15) is 4.79 Å². The first-order valence-electron chi connectivity index (χ1n) is 10.2. The molecule has 1 atom stereocenters. The number of rotatable bonds is 5. The van der Waals surface area contributed by atoms with Crippen molar-refractivity contribution in [2.24, 2.45) is 0 Å². The lowest BCUT2D eigenvalue weighted by Crippen LogP contribution is -2.44. The Balaban J connectivity index is 1.60. The van der Waals surface area contributed by atoms with Crippen molar-refractivity contribution in [3.63, 3.8) is 0 Å². The molecule has 164 valence electrons. The molecule has 0 saturated carbocycles. The number of aromatic amines is 1. The number of piperidine rings is 1. The van der Waals surface area contributed by atoms with Gasteiger partial charge in [0.25, 0.3) is 0 Å². The van der Waals surface area contributed by atoms with Gasteiger partial charge in [0, 0.05) is 25.3 Å². The zero-order valence-electron chi connectivity index (χ0n) is 17.8. The van der Waals surface area contributed by atoms with Gasteiger partial charge in [0.1, 0.15) is 16.4 Å². The second-order valence-corrected chi connectivity index (χ2v) is 8.95. The Hall–Kier alpha value is -3.14. The molecule has 1 unspecified atom stereocenters. The SMILES string of the molecule is C=CC(=O)N1CCCC(Nc2nc(Nc3cnn(C(C)(C)C)c3)nc3n[nH]c(Cl)c23)C1. The summed E-state index contributed by atoms with van der Waals surface area (Å²) in [6, 6.07) is 0.0261. The predicted octanol–water partition coefficient (Wildman–Crippen LogP) is 3.29. The van der Waals surface area contributed by atoms with Crippen LogP contribution < -0.4 is 10.6 Å². The number of anilines is 3. The summed E-state index contributed by atoms with van der Waals surface area (Å²) in [4.78, 5) is 22.9. The number of aromatic nitrogens is 6. The highest BCUT2D eigenvalue weighted by Crippen LogP contribution is 2.29. The molecular formula is C20H26ClN9O. The monoisotopic (exact) mass is 443 g/mol. The Morgan fingerprint density at radius 2 is 2.19 bits per heavy atom. The third kappa shape index (κ3) is 4.48.